The Morgan fingerprint density at radius 2 is 1.86 bits per heavy atom. The molecule has 0 fully saturated rings. The van der Waals surface area contributed by atoms with Crippen molar-refractivity contribution in [3.8, 4) is 17.2 Å². The zero-order valence-corrected chi connectivity index (χ0v) is 12.5. The van der Waals surface area contributed by atoms with Crippen molar-refractivity contribution < 1.29 is 19.0 Å². The number of Topliss-reactive ketones (excluding diaryl/α,β-unsaturated/α-hetero) is 1. The van der Waals surface area contributed by atoms with Gasteiger partial charge in [0.1, 0.15) is 12.4 Å². The third-order valence-electron chi connectivity index (χ3n) is 3.57. The zero-order chi connectivity index (χ0) is 15.5. The normalized spacial score (nSPS) is 15.2. The van der Waals surface area contributed by atoms with Gasteiger partial charge in [0.25, 0.3) is 0 Å². The van der Waals surface area contributed by atoms with Crippen LogP contribution >= 0.6 is 0 Å². The van der Waals surface area contributed by atoms with Crippen molar-refractivity contribution in [2.45, 2.75) is 0 Å². The molecule has 4 nitrogen and oxygen atoms in total. The van der Waals surface area contributed by atoms with Crippen LogP contribution in [0.4, 0.5) is 0 Å². The van der Waals surface area contributed by atoms with Crippen LogP contribution in [0.2, 0.25) is 0 Å². The molecule has 1 aliphatic heterocycles. The lowest BCUT2D eigenvalue weighted by molar-refractivity contribution is 0.100. The fraction of sp³-hybridized carbons (Fsp3) is 0.167. The summed E-state index contributed by atoms with van der Waals surface area (Å²) in [6, 6.07) is 12.8. The number of hydrogen-bond acceptors (Lipinski definition) is 4. The van der Waals surface area contributed by atoms with E-state index in [1.54, 1.807) is 32.4 Å². The number of carbonyl (C=O) groups excluding carboxylic acids is 1. The average molecular weight is 296 g/mol. The predicted octanol–water partition coefficient (Wildman–Crippen LogP) is 3.36. The minimum absolute atomic E-state index is 0.0216. The summed E-state index contributed by atoms with van der Waals surface area (Å²) >= 11 is 0. The Balaban J connectivity index is 2.02. The third-order valence-corrected chi connectivity index (χ3v) is 3.57. The molecule has 0 spiro atoms. The van der Waals surface area contributed by atoms with Crippen molar-refractivity contribution in [1.29, 1.82) is 0 Å². The first kappa shape index (κ1) is 14.2. The summed E-state index contributed by atoms with van der Waals surface area (Å²) in [5, 5.41) is 0. The number of rotatable bonds is 3. The maximum absolute atomic E-state index is 12.6. The second-order valence-electron chi connectivity index (χ2n) is 4.87. The Hall–Kier alpha value is -2.75. The molecule has 0 radical (unpaired) electrons. The topological polar surface area (TPSA) is 44.8 Å². The van der Waals surface area contributed by atoms with Crippen molar-refractivity contribution in [2.75, 3.05) is 20.8 Å². The first-order chi connectivity index (χ1) is 10.7. The SMILES string of the molecule is COc1cccc(/C=C2\COc3ccccc3C2=O)c1OC. The van der Waals surface area contributed by atoms with Crippen LogP contribution in [-0.4, -0.2) is 26.6 Å². The number of ether oxygens (including phenoxy) is 3. The van der Waals surface area contributed by atoms with Gasteiger partial charge in [0, 0.05) is 11.1 Å². The second kappa shape index (κ2) is 5.93. The van der Waals surface area contributed by atoms with Crippen LogP contribution in [0.1, 0.15) is 15.9 Å². The van der Waals surface area contributed by atoms with Crippen LogP contribution in [-0.2, 0) is 0 Å². The van der Waals surface area contributed by atoms with E-state index in [2.05, 4.69) is 0 Å². The van der Waals surface area contributed by atoms with Gasteiger partial charge in [-0.25, -0.2) is 0 Å². The maximum atomic E-state index is 12.6. The summed E-state index contributed by atoms with van der Waals surface area (Å²) in [6.07, 6.45) is 1.79. The van der Waals surface area contributed by atoms with E-state index >= 15 is 0 Å². The van der Waals surface area contributed by atoms with Gasteiger partial charge in [-0.1, -0.05) is 24.3 Å². The van der Waals surface area contributed by atoms with E-state index in [4.69, 9.17) is 14.2 Å². The van der Waals surface area contributed by atoms with Gasteiger partial charge in [0.2, 0.25) is 0 Å². The molecule has 22 heavy (non-hydrogen) atoms. The first-order valence-electron chi connectivity index (χ1n) is 6.92. The van der Waals surface area contributed by atoms with Gasteiger partial charge in [0.15, 0.2) is 17.3 Å². The minimum atomic E-state index is -0.0216. The number of ketones is 1. The number of hydrogen-bond donors (Lipinski definition) is 0. The molecule has 4 heteroatoms. The van der Waals surface area contributed by atoms with E-state index in [-0.39, 0.29) is 12.4 Å². The van der Waals surface area contributed by atoms with Crippen molar-refractivity contribution in [1.82, 2.24) is 0 Å². The fourth-order valence-electron chi connectivity index (χ4n) is 2.49. The quantitative estimate of drug-likeness (QED) is 0.815. The summed E-state index contributed by atoms with van der Waals surface area (Å²) in [7, 11) is 3.16. The molecule has 0 aromatic heterocycles. The molecule has 0 bridgehead atoms. The monoisotopic (exact) mass is 296 g/mol. The highest BCUT2D eigenvalue weighted by atomic mass is 16.5. The molecular weight excluding hydrogens is 280 g/mol. The smallest absolute Gasteiger partial charge is 0.196 e. The Bertz CT molecular complexity index is 747. The largest absolute Gasteiger partial charge is 0.493 e. The molecule has 0 unspecified atom stereocenters. The minimum Gasteiger partial charge on any atom is -0.493 e. The molecule has 1 heterocycles. The van der Waals surface area contributed by atoms with Gasteiger partial charge in [0.05, 0.1) is 19.8 Å². The van der Waals surface area contributed by atoms with Gasteiger partial charge in [-0.3, -0.25) is 4.79 Å². The molecule has 3 rings (SSSR count). The van der Waals surface area contributed by atoms with Crippen LogP contribution in [0.25, 0.3) is 6.08 Å². The number of benzene rings is 2. The number of methoxy groups -OCH3 is 2. The lowest BCUT2D eigenvalue weighted by Gasteiger charge is -2.19. The van der Waals surface area contributed by atoms with Gasteiger partial charge in [-0.15, -0.1) is 0 Å². The van der Waals surface area contributed by atoms with Gasteiger partial charge in [-0.2, -0.15) is 0 Å². The Morgan fingerprint density at radius 3 is 2.64 bits per heavy atom. The maximum Gasteiger partial charge on any atom is 0.196 e. The Labute approximate surface area is 128 Å². The molecule has 1 aliphatic rings. The van der Waals surface area contributed by atoms with Crippen LogP contribution in [0.3, 0.4) is 0 Å². The fourth-order valence-corrected chi connectivity index (χ4v) is 2.49. The summed E-state index contributed by atoms with van der Waals surface area (Å²) in [5.74, 6) is 1.83. The molecule has 0 atom stereocenters. The van der Waals surface area contributed by atoms with Crippen LogP contribution < -0.4 is 14.2 Å². The van der Waals surface area contributed by atoms with Crippen molar-refractivity contribution in [2.24, 2.45) is 0 Å². The standard InChI is InChI=1S/C18H16O4/c1-20-16-9-5-6-12(18(16)21-2)10-13-11-22-15-8-4-3-7-14(15)17(13)19/h3-10H,11H2,1-2H3/b13-10+. The Morgan fingerprint density at radius 1 is 1.05 bits per heavy atom. The van der Waals surface area contributed by atoms with E-state index in [1.165, 1.54) is 0 Å². The van der Waals surface area contributed by atoms with Crippen LogP contribution in [0.5, 0.6) is 17.2 Å². The number of para-hydroxylation sites is 2. The third kappa shape index (κ3) is 2.44. The molecular formula is C18H16O4. The van der Waals surface area contributed by atoms with E-state index in [0.29, 0.717) is 28.4 Å². The highest BCUT2D eigenvalue weighted by Gasteiger charge is 2.23. The molecule has 0 amide bonds. The van der Waals surface area contributed by atoms with Gasteiger partial charge in [-0.05, 0) is 24.3 Å². The highest BCUT2D eigenvalue weighted by molar-refractivity contribution is 6.14. The second-order valence-corrected chi connectivity index (χ2v) is 4.87. The molecule has 0 N–H and O–H groups in total. The van der Waals surface area contributed by atoms with Gasteiger partial charge < -0.3 is 14.2 Å². The summed E-state index contributed by atoms with van der Waals surface area (Å²) in [6.45, 7) is 0.246. The van der Waals surface area contributed by atoms with Gasteiger partial charge >= 0.3 is 0 Å². The molecule has 0 saturated heterocycles. The van der Waals surface area contributed by atoms with Crippen molar-refractivity contribution in [3.63, 3.8) is 0 Å². The van der Waals surface area contributed by atoms with Crippen molar-refractivity contribution >= 4 is 11.9 Å². The summed E-state index contributed by atoms with van der Waals surface area (Å²) in [4.78, 5) is 12.6. The lowest BCUT2D eigenvalue weighted by Crippen LogP contribution is -2.18. The van der Waals surface area contributed by atoms with Crippen LogP contribution in [0, 0.1) is 0 Å². The molecule has 112 valence electrons. The Kier molecular flexibility index (Phi) is 3.83. The zero-order valence-electron chi connectivity index (χ0n) is 12.5. The average Bonchev–Trinajstić information content (AvgIpc) is 2.57. The van der Waals surface area contributed by atoms with Crippen molar-refractivity contribution in [3.05, 3.63) is 59.2 Å². The first-order valence-corrected chi connectivity index (χ1v) is 6.92. The van der Waals surface area contributed by atoms with E-state index in [1.807, 2.05) is 30.3 Å². The predicted molar refractivity (Wildman–Crippen MR) is 83.8 cm³/mol. The molecule has 2 aromatic carbocycles. The molecule has 2 aromatic rings. The summed E-state index contributed by atoms with van der Waals surface area (Å²) < 4.78 is 16.3. The number of carbonyl (C=O) groups is 1. The highest BCUT2D eigenvalue weighted by Crippen LogP contribution is 2.34. The molecule has 0 saturated carbocycles. The lowest BCUT2D eigenvalue weighted by atomic mass is 9.98. The van der Waals surface area contributed by atoms with Crippen LogP contribution in [0.15, 0.2) is 48.0 Å². The summed E-state index contributed by atoms with van der Waals surface area (Å²) in [5.41, 5.74) is 1.96. The van der Waals surface area contributed by atoms with E-state index < -0.39 is 0 Å². The van der Waals surface area contributed by atoms with E-state index in [0.717, 1.165) is 5.56 Å². The number of fused-ring (bicyclic) bond motifs is 1. The molecule has 0 aliphatic carbocycles. The van der Waals surface area contributed by atoms with E-state index in [9.17, 15) is 4.79 Å².